The molecule has 1 heterocycles. The molecule has 0 aliphatic carbocycles. The minimum atomic E-state index is -1.42. The second-order valence-electron chi connectivity index (χ2n) is 13.2. The lowest BCUT2D eigenvalue weighted by Gasteiger charge is -2.34. The number of carbonyl (C=O) groups is 8. The first-order valence-corrected chi connectivity index (χ1v) is 18.2. The first-order valence-electron chi connectivity index (χ1n) is 18.2. The molecule has 318 valence electrons. The van der Waals surface area contributed by atoms with E-state index >= 15 is 0 Å². The van der Waals surface area contributed by atoms with Crippen LogP contribution in [-0.2, 0) is 51.3 Å². The Morgan fingerprint density at radius 1 is 0.541 bits per heavy atom. The lowest BCUT2D eigenvalue weighted by atomic mass is 9.93. The Morgan fingerprint density at radius 3 is 1.51 bits per heavy atom. The molecule has 0 radical (unpaired) electrons. The summed E-state index contributed by atoms with van der Waals surface area (Å²) in [5, 5.41) is 0. The molecule has 0 spiro atoms. The van der Waals surface area contributed by atoms with Gasteiger partial charge in [0.25, 0.3) is 0 Å². The summed E-state index contributed by atoms with van der Waals surface area (Å²) in [6.45, 7) is 7.60. The van der Waals surface area contributed by atoms with Gasteiger partial charge in [-0.15, -0.1) is 0 Å². The zero-order valence-electron chi connectivity index (χ0n) is 33.8. The van der Waals surface area contributed by atoms with E-state index in [0.717, 1.165) is 60.6 Å². The van der Waals surface area contributed by atoms with E-state index in [1.54, 1.807) is 30.3 Å². The normalized spacial score (nSPS) is 13.8. The predicted octanol–water partition coefficient (Wildman–Crippen LogP) is 5.64. The monoisotopic (exact) mass is 842 g/mol. The number of hydrogen-bond acceptors (Lipinski definition) is 18. The SMILES string of the molecule is CC(=O)Oc1cc(OC(C)=O)c2c(c1)O[C@H](c1cc(OC(C)=O)c(OC(C)=O)c(OC(C)=O)c1)[C@H](OC(=O)c1cc(OC(C)=O)c(OCc3ccccc3)c(OC(C)=O)c1)C2. The summed E-state index contributed by atoms with van der Waals surface area (Å²) in [6.07, 6.45) is -3.11. The third-order valence-corrected chi connectivity index (χ3v) is 8.03. The van der Waals surface area contributed by atoms with Crippen LogP contribution in [-0.4, -0.2) is 53.9 Å². The van der Waals surface area contributed by atoms with Gasteiger partial charge < -0.3 is 47.4 Å². The lowest BCUT2D eigenvalue weighted by molar-refractivity contribution is -0.135. The van der Waals surface area contributed by atoms with Crippen LogP contribution in [0, 0.1) is 0 Å². The van der Waals surface area contributed by atoms with Crippen LogP contribution in [0.2, 0.25) is 0 Å². The van der Waals surface area contributed by atoms with Crippen molar-refractivity contribution in [3.63, 3.8) is 0 Å². The van der Waals surface area contributed by atoms with Gasteiger partial charge in [0.1, 0.15) is 30.0 Å². The smallest absolute Gasteiger partial charge is 0.338 e. The predicted molar refractivity (Wildman–Crippen MR) is 206 cm³/mol. The zero-order valence-corrected chi connectivity index (χ0v) is 33.8. The maximum absolute atomic E-state index is 14.3. The van der Waals surface area contributed by atoms with Gasteiger partial charge >= 0.3 is 47.8 Å². The molecule has 18 nitrogen and oxygen atoms in total. The van der Waals surface area contributed by atoms with Gasteiger partial charge in [-0.05, 0) is 29.8 Å². The molecule has 1 aliphatic rings. The molecule has 0 N–H and O–H groups in total. The highest BCUT2D eigenvalue weighted by molar-refractivity contribution is 5.92. The first-order chi connectivity index (χ1) is 28.9. The van der Waals surface area contributed by atoms with Gasteiger partial charge in [0.2, 0.25) is 11.5 Å². The van der Waals surface area contributed by atoms with Crippen LogP contribution in [0.1, 0.15) is 81.6 Å². The number of rotatable bonds is 13. The Morgan fingerprint density at radius 2 is 1.02 bits per heavy atom. The maximum atomic E-state index is 14.3. The first kappa shape index (κ1) is 44.3. The van der Waals surface area contributed by atoms with Crippen molar-refractivity contribution < 1.29 is 85.7 Å². The molecule has 0 aromatic heterocycles. The molecule has 0 amide bonds. The summed E-state index contributed by atoms with van der Waals surface area (Å²) < 4.78 is 55.9. The van der Waals surface area contributed by atoms with Gasteiger partial charge in [-0.2, -0.15) is 0 Å². The van der Waals surface area contributed by atoms with Crippen molar-refractivity contribution in [3.8, 4) is 51.7 Å². The van der Waals surface area contributed by atoms with E-state index in [2.05, 4.69) is 0 Å². The molecule has 5 rings (SSSR count). The molecule has 4 aromatic rings. The molecular formula is C43H38O18. The topological polar surface area (TPSA) is 229 Å². The number of ether oxygens (including phenoxy) is 10. The highest BCUT2D eigenvalue weighted by Gasteiger charge is 2.39. The highest BCUT2D eigenvalue weighted by atomic mass is 16.6. The zero-order chi connectivity index (χ0) is 44.5. The van der Waals surface area contributed by atoms with Gasteiger partial charge in [0.15, 0.2) is 29.1 Å². The van der Waals surface area contributed by atoms with Gasteiger partial charge in [-0.25, -0.2) is 4.79 Å². The molecule has 1 aliphatic heterocycles. The van der Waals surface area contributed by atoms with Gasteiger partial charge in [0.05, 0.1) is 5.56 Å². The molecule has 4 aromatic carbocycles. The van der Waals surface area contributed by atoms with Crippen molar-refractivity contribution in [3.05, 3.63) is 89.0 Å². The van der Waals surface area contributed by atoms with Crippen LogP contribution >= 0.6 is 0 Å². The largest absolute Gasteiger partial charge is 0.482 e. The minimum Gasteiger partial charge on any atom is -0.482 e. The van der Waals surface area contributed by atoms with Gasteiger partial charge in [-0.3, -0.25) is 33.6 Å². The molecule has 0 saturated heterocycles. The second kappa shape index (κ2) is 19.3. The van der Waals surface area contributed by atoms with E-state index in [1.165, 1.54) is 24.3 Å². The van der Waals surface area contributed by atoms with E-state index in [0.29, 0.717) is 5.56 Å². The van der Waals surface area contributed by atoms with Crippen molar-refractivity contribution in [2.24, 2.45) is 0 Å². The number of hydrogen-bond donors (Lipinski definition) is 0. The maximum Gasteiger partial charge on any atom is 0.338 e. The van der Waals surface area contributed by atoms with Crippen LogP contribution in [0.15, 0.2) is 66.7 Å². The summed E-state index contributed by atoms with van der Waals surface area (Å²) in [5.41, 5.74) is 0.591. The van der Waals surface area contributed by atoms with Crippen LogP contribution in [0.3, 0.4) is 0 Å². The number of fused-ring (bicyclic) bond motifs is 1. The van der Waals surface area contributed by atoms with Crippen LogP contribution in [0.4, 0.5) is 0 Å². The molecular weight excluding hydrogens is 804 g/mol. The van der Waals surface area contributed by atoms with Crippen molar-refractivity contribution in [1.82, 2.24) is 0 Å². The quantitative estimate of drug-likeness (QED) is 0.117. The van der Waals surface area contributed by atoms with E-state index in [-0.39, 0.29) is 64.2 Å². The minimum absolute atomic E-state index is 0.0182. The average Bonchev–Trinajstić information content (AvgIpc) is 3.14. The van der Waals surface area contributed by atoms with E-state index < -0.39 is 77.2 Å². The Bertz CT molecular complexity index is 2340. The summed E-state index contributed by atoms with van der Waals surface area (Å²) in [4.78, 5) is 99.6. The number of benzene rings is 4. The van der Waals surface area contributed by atoms with Crippen molar-refractivity contribution in [2.75, 3.05) is 0 Å². The Balaban J connectivity index is 1.68. The fourth-order valence-corrected chi connectivity index (χ4v) is 5.98. The Labute approximate surface area is 347 Å². The molecule has 61 heavy (non-hydrogen) atoms. The summed E-state index contributed by atoms with van der Waals surface area (Å²) in [6, 6.07) is 16.1. The van der Waals surface area contributed by atoms with Crippen molar-refractivity contribution >= 4 is 47.8 Å². The third kappa shape index (κ3) is 11.9. The van der Waals surface area contributed by atoms with Crippen LogP contribution in [0.5, 0.6) is 51.7 Å². The van der Waals surface area contributed by atoms with Crippen molar-refractivity contribution in [2.45, 2.75) is 73.7 Å². The standard InChI is InChI=1S/C43H38O18/c1-21(44)53-31-17-33(54-22(2)45)32-19-39(40(60-34(32)18-31)29-13-37(57-25(5)48)42(59-27(7)50)38(14-29)58-26(6)49)61-43(51)30-15-35(55-23(3)46)41(36(16-30)56-24(4)47)52-20-28-11-9-8-10-12-28/h8-18,39-40H,19-20H2,1-7H3/t39-,40-/m1/s1. The second-order valence-corrected chi connectivity index (χ2v) is 13.2. The summed E-state index contributed by atoms with van der Waals surface area (Å²) in [5.74, 6) is -9.03. The number of carbonyl (C=O) groups excluding carboxylic acids is 8. The highest BCUT2D eigenvalue weighted by Crippen LogP contribution is 2.48. The third-order valence-electron chi connectivity index (χ3n) is 8.03. The van der Waals surface area contributed by atoms with Crippen LogP contribution < -0.4 is 42.6 Å². The Kier molecular flexibility index (Phi) is 14.1. The van der Waals surface area contributed by atoms with Gasteiger partial charge in [-0.1, -0.05) is 30.3 Å². The fraction of sp³-hybridized carbons (Fsp3) is 0.256. The fourth-order valence-electron chi connectivity index (χ4n) is 5.98. The van der Waals surface area contributed by atoms with E-state index in [9.17, 15) is 38.4 Å². The van der Waals surface area contributed by atoms with Crippen molar-refractivity contribution in [1.29, 1.82) is 0 Å². The van der Waals surface area contributed by atoms with Gasteiger partial charge in [0, 0.05) is 78.1 Å². The molecule has 2 atom stereocenters. The number of esters is 8. The molecule has 0 fully saturated rings. The van der Waals surface area contributed by atoms with E-state index in [1.807, 2.05) is 0 Å². The molecule has 0 bridgehead atoms. The summed E-state index contributed by atoms with van der Waals surface area (Å²) in [7, 11) is 0. The molecule has 18 heteroatoms. The average molecular weight is 843 g/mol. The molecule has 0 saturated carbocycles. The lowest BCUT2D eigenvalue weighted by Crippen LogP contribution is -2.35. The molecule has 0 unspecified atom stereocenters. The Hall–Kier alpha value is -7.76. The summed E-state index contributed by atoms with van der Waals surface area (Å²) >= 11 is 0. The van der Waals surface area contributed by atoms with Crippen LogP contribution in [0.25, 0.3) is 0 Å². The van der Waals surface area contributed by atoms with E-state index in [4.69, 9.17) is 47.4 Å².